The van der Waals surface area contributed by atoms with E-state index >= 15 is 0 Å². The Balaban J connectivity index is 1.58. The van der Waals surface area contributed by atoms with Gasteiger partial charge >= 0.3 is 0 Å². The van der Waals surface area contributed by atoms with E-state index in [0.29, 0.717) is 3.84 Å². The fraction of sp³-hybridized carbons (Fsp3) is 0.250. The molecule has 0 amide bonds. The van der Waals surface area contributed by atoms with E-state index in [-0.39, 0.29) is 20.7 Å². The topological polar surface area (TPSA) is 73.5 Å². The van der Waals surface area contributed by atoms with E-state index in [1.165, 1.54) is 36.6 Å². The minimum Gasteiger partial charge on any atom is -0.340 e. The van der Waals surface area contributed by atoms with E-state index in [9.17, 15) is 0 Å². The van der Waals surface area contributed by atoms with Crippen LogP contribution in [0, 0.1) is 9.10 Å². The molecule has 4 rings (SSSR count). The number of allylic oxidation sites excluding steroid dienone is 1. The van der Waals surface area contributed by atoms with Crippen LogP contribution in [0.4, 0.5) is 5.69 Å². The minimum absolute atomic E-state index is 0.349. The molecular formula is C20H19I2N5. The Bertz CT molecular complexity index is 964. The summed E-state index contributed by atoms with van der Waals surface area (Å²) in [4.78, 5) is 8.73. The summed E-state index contributed by atoms with van der Waals surface area (Å²) < 4.78 is 3.44. The maximum atomic E-state index is 7.39. The van der Waals surface area contributed by atoms with Crippen LogP contribution < -0.4 is 5.32 Å². The lowest BCUT2D eigenvalue weighted by Gasteiger charge is -2.23. The van der Waals surface area contributed by atoms with Crippen LogP contribution in [0.2, 0.25) is 0 Å². The summed E-state index contributed by atoms with van der Waals surface area (Å²) in [6, 6.07) is 10.6. The number of nitrogens with one attached hydrogen (secondary N) is 2. The Labute approximate surface area is 182 Å². The van der Waals surface area contributed by atoms with Crippen molar-refractivity contribution in [3.63, 3.8) is 0 Å². The van der Waals surface area contributed by atoms with Crippen LogP contribution in [0.5, 0.6) is 0 Å². The standard InChI is InChI=1S/C20H19I2N5/c21-17-12-15(6-5-14(17)11-13-7-9-24-10-8-13)25-19-16-3-1-2-4-18(16)22-20(26-19)27-23/h5-10,12,23H,1-4,11H2,(H,25,26). The van der Waals surface area contributed by atoms with Crippen LogP contribution in [0.15, 0.2) is 64.2 Å². The van der Waals surface area contributed by atoms with E-state index in [1.807, 2.05) is 12.4 Å². The third-order valence-corrected chi connectivity index (χ3v) is 8.45. The lowest BCUT2D eigenvalue weighted by Crippen LogP contribution is -2.17. The number of aromatic nitrogens is 1. The molecule has 2 N–H and O–H groups in total. The lowest BCUT2D eigenvalue weighted by molar-refractivity contribution is 0.735. The molecule has 5 nitrogen and oxygen atoms in total. The molecule has 0 radical (unpaired) electrons. The average molecular weight is 583 g/mol. The Morgan fingerprint density at radius 2 is 1.96 bits per heavy atom. The lowest BCUT2D eigenvalue weighted by atomic mass is 9.94. The highest BCUT2D eigenvalue weighted by molar-refractivity contribution is 14.2. The summed E-state index contributed by atoms with van der Waals surface area (Å²) in [5.74, 6) is 0.902. The van der Waals surface area contributed by atoms with Gasteiger partial charge in [-0.3, -0.25) is 4.98 Å². The third-order valence-electron chi connectivity index (χ3n) is 4.64. The van der Waals surface area contributed by atoms with Gasteiger partial charge in [0.25, 0.3) is 0 Å². The van der Waals surface area contributed by atoms with Crippen LogP contribution in [0.3, 0.4) is 0 Å². The normalized spacial score (nSPS) is 16.6. The van der Waals surface area contributed by atoms with Crippen LogP contribution in [0.1, 0.15) is 36.8 Å². The number of fused-ring (bicyclic) bond motifs is 1. The Morgan fingerprint density at radius 3 is 2.74 bits per heavy atom. The van der Waals surface area contributed by atoms with E-state index in [4.69, 9.17) is 5.53 Å². The van der Waals surface area contributed by atoms with E-state index < -0.39 is 0 Å². The molecule has 1 saturated carbocycles. The second kappa shape index (κ2) is 8.68. The molecule has 7 heteroatoms. The largest absolute Gasteiger partial charge is 0.340 e. The van der Waals surface area contributed by atoms with Crippen molar-refractivity contribution in [2.75, 3.05) is 5.32 Å². The Kier molecular flexibility index (Phi) is 6.06. The van der Waals surface area contributed by atoms with Crippen molar-refractivity contribution in [3.05, 3.63) is 68.8 Å². The predicted octanol–water partition coefficient (Wildman–Crippen LogP) is 6.02. The third kappa shape index (κ3) is 4.50. The predicted molar refractivity (Wildman–Crippen MR) is 127 cm³/mol. The first kappa shape index (κ1) is 18.9. The molecular weight excluding hydrogens is 564 g/mol. The first-order valence-corrected chi connectivity index (χ1v) is 12.1. The summed E-state index contributed by atoms with van der Waals surface area (Å²) in [5.41, 5.74) is 12.4. The van der Waals surface area contributed by atoms with Crippen molar-refractivity contribution in [1.29, 1.82) is 5.53 Å². The van der Waals surface area contributed by atoms with Crippen molar-refractivity contribution in [1.82, 2.24) is 4.98 Å². The van der Waals surface area contributed by atoms with Gasteiger partial charge in [0.05, 0.1) is 0 Å². The number of pyridine rings is 1. The zero-order valence-electron chi connectivity index (χ0n) is 14.7. The highest BCUT2D eigenvalue weighted by Crippen LogP contribution is 2.34. The quantitative estimate of drug-likeness (QED) is 0.263. The van der Waals surface area contributed by atoms with Crippen LogP contribution in [0.25, 0.3) is 0 Å². The average Bonchev–Trinajstić information content (AvgIpc) is 2.70. The number of nitrogens with zero attached hydrogens (tertiary/aromatic N) is 3. The molecule has 27 heavy (non-hydrogen) atoms. The summed E-state index contributed by atoms with van der Waals surface area (Å²) in [6.07, 6.45) is 9.27. The number of hydrogen-bond acceptors (Lipinski definition) is 5. The van der Waals surface area contributed by atoms with Gasteiger partial charge in [0.1, 0.15) is 5.82 Å². The van der Waals surface area contributed by atoms with Crippen LogP contribution >= 0.6 is 43.3 Å². The Hall–Kier alpha value is -1.49. The smallest absolute Gasteiger partial charge is 0.208 e. The van der Waals surface area contributed by atoms with Crippen molar-refractivity contribution >= 4 is 56.4 Å². The summed E-state index contributed by atoms with van der Waals surface area (Å²) in [5, 5.41) is 7.16. The van der Waals surface area contributed by atoms with Crippen LogP contribution in [-0.4, -0.2) is 12.3 Å². The van der Waals surface area contributed by atoms with Gasteiger partial charge in [-0.15, -0.1) is 5.11 Å². The van der Waals surface area contributed by atoms with Crippen molar-refractivity contribution in [2.45, 2.75) is 32.1 Å². The highest BCUT2D eigenvalue weighted by atomic mass is 127. The SMILES string of the molecule is N=NC1=NC(Nc2ccc(Cc3ccncc3)c(I)c2)=C2CCCCC2=I1. The van der Waals surface area contributed by atoms with Gasteiger partial charge in [-0.25, -0.2) is 10.5 Å². The molecule has 2 heterocycles. The van der Waals surface area contributed by atoms with Gasteiger partial charge < -0.3 is 5.32 Å². The monoisotopic (exact) mass is 583 g/mol. The molecule has 1 aromatic carbocycles. The van der Waals surface area contributed by atoms with Gasteiger partial charge in [0, 0.05) is 27.2 Å². The fourth-order valence-corrected chi connectivity index (χ4v) is 6.55. The number of anilines is 1. The Morgan fingerprint density at radius 1 is 1.15 bits per heavy atom. The molecule has 2 aromatic rings. The molecule has 0 unspecified atom stereocenters. The second-order valence-electron chi connectivity index (χ2n) is 6.49. The molecule has 1 aromatic heterocycles. The summed E-state index contributed by atoms with van der Waals surface area (Å²) in [6.45, 7) is 0. The zero-order chi connectivity index (χ0) is 18.6. The molecule has 138 valence electrons. The molecule has 1 aliphatic carbocycles. The number of amidine groups is 1. The summed E-state index contributed by atoms with van der Waals surface area (Å²) >= 11 is 2.05. The fourth-order valence-electron chi connectivity index (χ4n) is 3.28. The summed E-state index contributed by atoms with van der Waals surface area (Å²) in [7, 11) is 0. The molecule has 1 aliphatic heterocycles. The van der Waals surface area contributed by atoms with E-state index in [2.05, 4.69) is 73.3 Å². The van der Waals surface area contributed by atoms with Gasteiger partial charge in [0.15, 0.2) is 0 Å². The molecule has 0 bridgehead atoms. The molecule has 0 atom stereocenters. The van der Waals surface area contributed by atoms with Crippen molar-refractivity contribution < 1.29 is 0 Å². The molecule has 0 spiro atoms. The maximum Gasteiger partial charge on any atom is 0.208 e. The number of rotatable bonds is 4. The maximum absolute atomic E-state index is 7.39. The van der Waals surface area contributed by atoms with Crippen LogP contribution in [-0.2, 0) is 6.42 Å². The highest BCUT2D eigenvalue weighted by Gasteiger charge is 2.22. The number of benzene rings is 1. The number of hydrogen-bond donors (Lipinski definition) is 2. The molecule has 0 saturated heterocycles. The van der Waals surface area contributed by atoms with E-state index in [1.54, 1.807) is 0 Å². The van der Waals surface area contributed by atoms with Gasteiger partial charge in [-0.05, 0) is 114 Å². The number of aliphatic imine (C=N–C) groups is 1. The number of halogens is 2. The minimum atomic E-state index is -0.349. The second-order valence-corrected chi connectivity index (χ2v) is 10.5. The zero-order valence-corrected chi connectivity index (χ0v) is 19.0. The molecule has 2 aliphatic rings. The van der Waals surface area contributed by atoms with Gasteiger partial charge in [-0.2, -0.15) is 0 Å². The van der Waals surface area contributed by atoms with Crippen molar-refractivity contribution in [3.8, 4) is 0 Å². The van der Waals surface area contributed by atoms with Crippen molar-refractivity contribution in [2.24, 2.45) is 10.1 Å². The van der Waals surface area contributed by atoms with Gasteiger partial charge in [0.2, 0.25) is 3.84 Å². The first-order valence-electron chi connectivity index (χ1n) is 8.87. The first-order chi connectivity index (χ1) is 13.2. The van der Waals surface area contributed by atoms with Gasteiger partial charge in [-0.1, -0.05) is 6.07 Å². The molecule has 1 fully saturated rings. The van der Waals surface area contributed by atoms with E-state index in [0.717, 1.165) is 30.8 Å².